The van der Waals surface area contributed by atoms with Crippen LogP contribution in [0.5, 0.6) is 11.5 Å². The molecule has 2 N–H and O–H groups in total. The summed E-state index contributed by atoms with van der Waals surface area (Å²) < 4.78 is 0. The molecule has 1 aliphatic rings. The van der Waals surface area contributed by atoms with Gasteiger partial charge in [0.25, 0.3) is 0 Å². The summed E-state index contributed by atoms with van der Waals surface area (Å²) in [5, 5.41) is 19.3. The quantitative estimate of drug-likeness (QED) is 0.782. The number of benzene rings is 2. The fourth-order valence-corrected chi connectivity index (χ4v) is 4.03. The molecule has 0 bridgehead atoms. The molecule has 0 aliphatic carbocycles. The molecule has 1 unspecified atom stereocenters. The van der Waals surface area contributed by atoms with Crippen molar-refractivity contribution in [3.05, 3.63) is 59.7 Å². The minimum Gasteiger partial charge on any atom is -0.508 e. The van der Waals surface area contributed by atoms with Crippen LogP contribution < -0.4 is 0 Å². The van der Waals surface area contributed by atoms with E-state index in [1.54, 1.807) is 18.2 Å². The number of aromatic hydroxyl groups is 2. The number of hydrogen-bond acceptors (Lipinski definition) is 3. The van der Waals surface area contributed by atoms with Gasteiger partial charge in [-0.2, -0.15) is 0 Å². The van der Waals surface area contributed by atoms with Gasteiger partial charge in [0.2, 0.25) is 0 Å². The summed E-state index contributed by atoms with van der Waals surface area (Å²) in [7, 11) is 0. The molecule has 1 heterocycles. The Hall–Kier alpha value is -2.00. The lowest BCUT2D eigenvalue weighted by molar-refractivity contribution is 0.302. The Kier molecular flexibility index (Phi) is 5.64. The fourth-order valence-electron chi connectivity index (χ4n) is 4.03. The van der Waals surface area contributed by atoms with Gasteiger partial charge in [-0.05, 0) is 61.2 Å². The normalized spacial score (nSPS) is 20.8. The van der Waals surface area contributed by atoms with Crippen LogP contribution in [0, 0.1) is 0 Å². The first-order valence-electron chi connectivity index (χ1n) is 9.41. The number of nitrogens with zero attached hydrogens (tertiary/aromatic N) is 1. The van der Waals surface area contributed by atoms with Crippen molar-refractivity contribution in [2.45, 2.75) is 44.4 Å². The van der Waals surface area contributed by atoms with Crippen molar-refractivity contribution >= 4 is 0 Å². The largest absolute Gasteiger partial charge is 0.508 e. The molecule has 0 saturated carbocycles. The second kappa shape index (κ2) is 7.92. The zero-order valence-corrected chi connectivity index (χ0v) is 15.1. The Labute approximate surface area is 150 Å². The van der Waals surface area contributed by atoms with Gasteiger partial charge in [-0.1, -0.05) is 44.0 Å². The van der Waals surface area contributed by atoms with Crippen LogP contribution in [0.3, 0.4) is 0 Å². The minimum absolute atomic E-state index is 0.170. The van der Waals surface area contributed by atoms with E-state index >= 15 is 0 Å². The highest BCUT2D eigenvalue weighted by Gasteiger charge is 2.38. The third-order valence-electron chi connectivity index (χ3n) is 5.55. The van der Waals surface area contributed by atoms with Crippen LogP contribution in [0.2, 0.25) is 0 Å². The smallest absolute Gasteiger partial charge is 0.115 e. The number of phenolic OH excluding ortho intramolecular Hbond substituents is 2. The van der Waals surface area contributed by atoms with E-state index in [-0.39, 0.29) is 5.41 Å². The van der Waals surface area contributed by atoms with Gasteiger partial charge in [0.15, 0.2) is 0 Å². The molecule has 0 spiro atoms. The molecule has 1 atom stereocenters. The number of likely N-dealkylation sites (tertiary alicyclic amines) is 1. The number of rotatable bonds is 7. The Morgan fingerprint density at radius 1 is 1.04 bits per heavy atom. The standard InChI is InChI=1S/C22H29NO2/c1-2-3-12-22(19-5-4-6-21(25)16-19)13-15-23(17-22)14-11-18-7-9-20(24)10-8-18/h4-10,16,24-25H,2-3,11-15,17H2,1H3. The number of hydrogen-bond donors (Lipinski definition) is 2. The number of phenols is 2. The molecular formula is C22H29NO2. The monoisotopic (exact) mass is 339 g/mol. The maximum atomic E-state index is 9.92. The van der Waals surface area contributed by atoms with E-state index < -0.39 is 0 Å². The minimum atomic E-state index is 0.170. The summed E-state index contributed by atoms with van der Waals surface area (Å²) in [5.41, 5.74) is 2.72. The van der Waals surface area contributed by atoms with Gasteiger partial charge in [-0.25, -0.2) is 0 Å². The van der Waals surface area contributed by atoms with Gasteiger partial charge >= 0.3 is 0 Å². The predicted molar refractivity (Wildman–Crippen MR) is 102 cm³/mol. The van der Waals surface area contributed by atoms with Crippen LogP contribution >= 0.6 is 0 Å². The lowest BCUT2D eigenvalue weighted by atomic mass is 9.75. The van der Waals surface area contributed by atoms with E-state index in [4.69, 9.17) is 0 Å². The summed E-state index contributed by atoms with van der Waals surface area (Å²) in [5.74, 6) is 0.698. The maximum Gasteiger partial charge on any atom is 0.115 e. The second-order valence-electron chi connectivity index (χ2n) is 7.38. The van der Waals surface area contributed by atoms with E-state index in [9.17, 15) is 10.2 Å². The van der Waals surface area contributed by atoms with Crippen molar-refractivity contribution in [1.82, 2.24) is 4.90 Å². The average molecular weight is 339 g/mol. The maximum absolute atomic E-state index is 9.92. The summed E-state index contributed by atoms with van der Waals surface area (Å²) >= 11 is 0. The van der Waals surface area contributed by atoms with Gasteiger partial charge in [0.05, 0.1) is 0 Å². The van der Waals surface area contributed by atoms with E-state index in [0.717, 1.165) is 32.5 Å². The van der Waals surface area contributed by atoms with Crippen molar-refractivity contribution in [2.75, 3.05) is 19.6 Å². The SMILES string of the molecule is CCCCC1(c2cccc(O)c2)CCN(CCc2ccc(O)cc2)C1. The molecule has 1 fully saturated rings. The van der Waals surface area contributed by atoms with Crippen LogP contribution in [0.1, 0.15) is 43.7 Å². The highest BCUT2D eigenvalue weighted by molar-refractivity contribution is 5.34. The van der Waals surface area contributed by atoms with Crippen molar-refractivity contribution in [1.29, 1.82) is 0 Å². The first-order chi connectivity index (χ1) is 12.1. The first kappa shape index (κ1) is 17.8. The predicted octanol–water partition coefficient (Wildman–Crippen LogP) is 4.47. The van der Waals surface area contributed by atoms with Crippen LogP contribution in [-0.2, 0) is 11.8 Å². The summed E-state index contributed by atoms with van der Waals surface area (Å²) in [6, 6.07) is 15.4. The summed E-state index contributed by atoms with van der Waals surface area (Å²) in [4.78, 5) is 2.55. The van der Waals surface area contributed by atoms with Crippen molar-refractivity contribution in [3.8, 4) is 11.5 Å². The molecule has 3 nitrogen and oxygen atoms in total. The molecule has 2 aromatic rings. The van der Waals surface area contributed by atoms with Crippen molar-refractivity contribution < 1.29 is 10.2 Å². The Bertz CT molecular complexity index is 683. The zero-order valence-electron chi connectivity index (χ0n) is 15.1. The zero-order chi connectivity index (χ0) is 17.7. The Morgan fingerprint density at radius 3 is 2.56 bits per heavy atom. The van der Waals surface area contributed by atoms with Crippen LogP contribution in [0.15, 0.2) is 48.5 Å². The van der Waals surface area contributed by atoms with E-state index in [2.05, 4.69) is 17.9 Å². The van der Waals surface area contributed by atoms with Gasteiger partial charge in [-0.3, -0.25) is 0 Å². The molecular weight excluding hydrogens is 310 g/mol. The first-order valence-corrected chi connectivity index (χ1v) is 9.41. The molecule has 1 saturated heterocycles. The Morgan fingerprint density at radius 2 is 1.84 bits per heavy atom. The topological polar surface area (TPSA) is 43.7 Å². The fraction of sp³-hybridized carbons (Fsp3) is 0.455. The van der Waals surface area contributed by atoms with Crippen LogP contribution in [-0.4, -0.2) is 34.7 Å². The molecule has 3 heteroatoms. The van der Waals surface area contributed by atoms with Gasteiger partial charge < -0.3 is 15.1 Å². The van der Waals surface area contributed by atoms with Gasteiger partial charge in [0, 0.05) is 18.5 Å². The van der Waals surface area contributed by atoms with Crippen molar-refractivity contribution in [3.63, 3.8) is 0 Å². The molecule has 0 amide bonds. The van der Waals surface area contributed by atoms with E-state index in [0.29, 0.717) is 11.5 Å². The lowest BCUT2D eigenvalue weighted by Gasteiger charge is -2.30. The third kappa shape index (κ3) is 4.35. The Balaban J connectivity index is 1.68. The van der Waals surface area contributed by atoms with Crippen molar-refractivity contribution in [2.24, 2.45) is 0 Å². The summed E-state index contributed by atoms with van der Waals surface area (Å²) in [6.45, 7) is 5.46. The average Bonchev–Trinajstić information content (AvgIpc) is 3.04. The van der Waals surface area contributed by atoms with E-state index in [1.807, 2.05) is 24.3 Å². The highest BCUT2D eigenvalue weighted by atomic mass is 16.3. The summed E-state index contributed by atoms with van der Waals surface area (Å²) in [6.07, 6.45) is 5.77. The molecule has 0 radical (unpaired) electrons. The molecule has 134 valence electrons. The third-order valence-corrected chi connectivity index (χ3v) is 5.55. The van der Waals surface area contributed by atoms with Gasteiger partial charge in [-0.15, -0.1) is 0 Å². The van der Waals surface area contributed by atoms with E-state index in [1.165, 1.54) is 30.4 Å². The molecule has 0 aromatic heterocycles. The van der Waals surface area contributed by atoms with Crippen LogP contribution in [0.25, 0.3) is 0 Å². The number of unbranched alkanes of at least 4 members (excludes halogenated alkanes) is 1. The molecule has 3 rings (SSSR count). The lowest BCUT2D eigenvalue weighted by Crippen LogP contribution is -2.32. The molecule has 25 heavy (non-hydrogen) atoms. The highest BCUT2D eigenvalue weighted by Crippen LogP contribution is 2.40. The molecule has 1 aliphatic heterocycles. The van der Waals surface area contributed by atoms with Crippen LogP contribution in [0.4, 0.5) is 0 Å². The second-order valence-corrected chi connectivity index (χ2v) is 7.38. The van der Waals surface area contributed by atoms with Gasteiger partial charge in [0.1, 0.15) is 11.5 Å². The molecule has 2 aromatic carbocycles.